The average molecular weight is 364 g/mol. The Morgan fingerprint density at radius 3 is 2.64 bits per heavy atom. The van der Waals surface area contributed by atoms with Gasteiger partial charge in [0.15, 0.2) is 23.9 Å². The molecule has 0 saturated carbocycles. The third-order valence-corrected chi connectivity index (χ3v) is 4.98. The van der Waals surface area contributed by atoms with E-state index in [2.05, 4.69) is 0 Å². The highest BCUT2D eigenvalue weighted by molar-refractivity contribution is 7.86. The predicted octanol–water partition coefficient (Wildman–Crippen LogP) is 2.06. The summed E-state index contributed by atoms with van der Waals surface area (Å²) in [6, 6.07) is 9.06. The molecule has 0 spiro atoms. The van der Waals surface area contributed by atoms with Gasteiger partial charge in [-0.3, -0.25) is 8.98 Å². The van der Waals surface area contributed by atoms with Crippen LogP contribution in [0.5, 0.6) is 17.2 Å². The molecule has 0 amide bonds. The van der Waals surface area contributed by atoms with Crippen LogP contribution in [0.3, 0.4) is 0 Å². The SMILES string of the molecule is Cc1ccc(S(=O)(=O)OCC2COc3ccc(O)c(C=O)c3O2)cc1. The molecule has 0 saturated heterocycles. The molecule has 25 heavy (non-hydrogen) atoms. The van der Waals surface area contributed by atoms with Gasteiger partial charge in [0, 0.05) is 0 Å². The van der Waals surface area contributed by atoms with Gasteiger partial charge in [0.05, 0.1) is 4.90 Å². The molecule has 1 unspecified atom stereocenters. The van der Waals surface area contributed by atoms with E-state index in [0.717, 1.165) is 5.56 Å². The fourth-order valence-electron chi connectivity index (χ4n) is 2.32. The second kappa shape index (κ2) is 6.73. The van der Waals surface area contributed by atoms with Crippen molar-refractivity contribution in [2.24, 2.45) is 0 Å². The van der Waals surface area contributed by atoms with E-state index >= 15 is 0 Å². The van der Waals surface area contributed by atoms with Crippen LogP contribution in [0.2, 0.25) is 0 Å². The first kappa shape index (κ1) is 17.2. The number of aldehydes is 1. The minimum Gasteiger partial charge on any atom is -0.507 e. The molecular formula is C17H16O7S. The standard InChI is InChI=1S/C17H16O7S/c1-11-2-4-13(5-3-11)25(20,21)23-10-12-9-22-16-7-6-15(19)14(8-18)17(16)24-12/h2-8,12,19H,9-10H2,1H3. The molecule has 7 nitrogen and oxygen atoms in total. The first-order valence-electron chi connectivity index (χ1n) is 7.47. The Bertz CT molecular complexity index is 888. The average Bonchev–Trinajstić information content (AvgIpc) is 2.60. The molecule has 8 heteroatoms. The number of hydrogen-bond acceptors (Lipinski definition) is 7. The van der Waals surface area contributed by atoms with E-state index in [1.54, 1.807) is 12.1 Å². The number of benzene rings is 2. The van der Waals surface area contributed by atoms with E-state index < -0.39 is 16.2 Å². The Morgan fingerprint density at radius 2 is 1.96 bits per heavy atom. The zero-order chi connectivity index (χ0) is 18.0. The van der Waals surface area contributed by atoms with Crippen LogP contribution in [0.4, 0.5) is 0 Å². The summed E-state index contributed by atoms with van der Waals surface area (Å²) in [5.41, 5.74) is 0.879. The molecule has 1 heterocycles. The molecule has 1 N–H and O–H groups in total. The second-order valence-corrected chi connectivity index (χ2v) is 7.16. The lowest BCUT2D eigenvalue weighted by Crippen LogP contribution is -2.34. The molecule has 0 bridgehead atoms. The van der Waals surface area contributed by atoms with Crippen molar-refractivity contribution in [1.29, 1.82) is 0 Å². The molecule has 0 aliphatic carbocycles. The fourth-order valence-corrected chi connectivity index (χ4v) is 3.26. The highest BCUT2D eigenvalue weighted by Crippen LogP contribution is 2.39. The molecule has 1 atom stereocenters. The van der Waals surface area contributed by atoms with Crippen molar-refractivity contribution in [3.63, 3.8) is 0 Å². The molecule has 0 aromatic heterocycles. The first-order valence-corrected chi connectivity index (χ1v) is 8.88. The van der Waals surface area contributed by atoms with Crippen molar-refractivity contribution >= 4 is 16.4 Å². The van der Waals surface area contributed by atoms with E-state index in [1.165, 1.54) is 24.3 Å². The number of fused-ring (bicyclic) bond motifs is 1. The molecule has 0 fully saturated rings. The number of hydrogen-bond donors (Lipinski definition) is 1. The van der Waals surface area contributed by atoms with Crippen LogP contribution >= 0.6 is 0 Å². The van der Waals surface area contributed by atoms with E-state index in [-0.39, 0.29) is 35.2 Å². The second-order valence-electron chi connectivity index (χ2n) is 5.55. The lowest BCUT2D eigenvalue weighted by atomic mass is 10.1. The maximum absolute atomic E-state index is 12.2. The largest absolute Gasteiger partial charge is 0.507 e. The van der Waals surface area contributed by atoms with Crippen molar-refractivity contribution in [2.45, 2.75) is 17.9 Å². The van der Waals surface area contributed by atoms with Gasteiger partial charge in [-0.2, -0.15) is 8.42 Å². The van der Waals surface area contributed by atoms with Crippen molar-refractivity contribution < 1.29 is 32.0 Å². The lowest BCUT2D eigenvalue weighted by molar-refractivity contribution is 0.0541. The molecule has 2 aromatic carbocycles. The van der Waals surface area contributed by atoms with Gasteiger partial charge >= 0.3 is 0 Å². The highest BCUT2D eigenvalue weighted by atomic mass is 32.2. The summed E-state index contributed by atoms with van der Waals surface area (Å²) in [5, 5.41) is 9.69. The topological polar surface area (TPSA) is 99.1 Å². The number of carbonyl (C=O) groups is 1. The Labute approximate surface area is 144 Å². The van der Waals surface area contributed by atoms with Gasteiger partial charge in [-0.05, 0) is 31.2 Å². The summed E-state index contributed by atoms with van der Waals surface area (Å²) in [6.07, 6.45) is -0.294. The Morgan fingerprint density at radius 1 is 1.24 bits per heavy atom. The number of phenolic OH excluding ortho intramolecular Hbond substituents is 1. The van der Waals surface area contributed by atoms with Crippen LogP contribution in [0.25, 0.3) is 0 Å². The number of aryl methyl sites for hydroxylation is 1. The Kier molecular flexibility index (Phi) is 4.65. The number of phenols is 1. The van der Waals surface area contributed by atoms with E-state index in [9.17, 15) is 18.3 Å². The Balaban J connectivity index is 1.72. The minimum atomic E-state index is -3.93. The fraction of sp³-hybridized carbons (Fsp3) is 0.235. The molecular weight excluding hydrogens is 348 g/mol. The summed E-state index contributed by atoms with van der Waals surface area (Å²) in [6.45, 7) is 1.62. The molecule has 0 radical (unpaired) electrons. The molecule has 1 aliphatic heterocycles. The van der Waals surface area contributed by atoms with Gasteiger partial charge in [0.25, 0.3) is 10.1 Å². The summed E-state index contributed by atoms with van der Waals surface area (Å²) in [7, 11) is -3.93. The van der Waals surface area contributed by atoms with E-state index in [0.29, 0.717) is 12.0 Å². The minimum absolute atomic E-state index is 0.0430. The smallest absolute Gasteiger partial charge is 0.297 e. The highest BCUT2D eigenvalue weighted by Gasteiger charge is 2.27. The van der Waals surface area contributed by atoms with Crippen LogP contribution in [0.15, 0.2) is 41.3 Å². The number of rotatable bonds is 5. The van der Waals surface area contributed by atoms with Gasteiger partial charge in [-0.1, -0.05) is 17.7 Å². The zero-order valence-corrected chi connectivity index (χ0v) is 14.2. The van der Waals surface area contributed by atoms with E-state index in [4.69, 9.17) is 13.7 Å². The van der Waals surface area contributed by atoms with Crippen LogP contribution in [0.1, 0.15) is 15.9 Å². The summed E-state index contributed by atoms with van der Waals surface area (Å²) >= 11 is 0. The van der Waals surface area contributed by atoms with Gasteiger partial charge in [-0.25, -0.2) is 0 Å². The van der Waals surface area contributed by atoms with Gasteiger partial charge in [0.1, 0.15) is 24.5 Å². The molecule has 3 rings (SSSR count). The first-order chi connectivity index (χ1) is 11.9. The maximum atomic E-state index is 12.2. The molecule has 1 aliphatic rings. The maximum Gasteiger partial charge on any atom is 0.297 e. The normalized spacial score (nSPS) is 16.4. The van der Waals surface area contributed by atoms with Crippen LogP contribution in [0, 0.1) is 6.92 Å². The lowest BCUT2D eigenvalue weighted by Gasteiger charge is -2.27. The predicted molar refractivity (Wildman–Crippen MR) is 87.7 cm³/mol. The van der Waals surface area contributed by atoms with Crippen LogP contribution in [-0.2, 0) is 14.3 Å². The van der Waals surface area contributed by atoms with Gasteiger partial charge in [-0.15, -0.1) is 0 Å². The third kappa shape index (κ3) is 3.59. The summed E-state index contributed by atoms with van der Waals surface area (Å²) < 4.78 is 40.4. The number of ether oxygens (including phenoxy) is 2. The molecule has 132 valence electrons. The van der Waals surface area contributed by atoms with Crippen LogP contribution in [-0.4, -0.2) is 39.1 Å². The summed E-state index contributed by atoms with van der Waals surface area (Å²) in [5.74, 6) is 0.131. The monoisotopic (exact) mass is 364 g/mol. The Hall–Kier alpha value is -2.58. The number of carbonyl (C=O) groups excluding carboxylic acids is 1. The quantitative estimate of drug-likeness (QED) is 0.640. The van der Waals surface area contributed by atoms with Gasteiger partial charge < -0.3 is 14.6 Å². The molecule has 2 aromatic rings. The number of aromatic hydroxyl groups is 1. The van der Waals surface area contributed by atoms with Crippen molar-refractivity contribution in [2.75, 3.05) is 13.2 Å². The van der Waals surface area contributed by atoms with E-state index in [1.807, 2.05) is 6.92 Å². The zero-order valence-electron chi connectivity index (χ0n) is 13.3. The van der Waals surface area contributed by atoms with Crippen molar-refractivity contribution in [3.05, 3.63) is 47.5 Å². The van der Waals surface area contributed by atoms with Crippen molar-refractivity contribution in [1.82, 2.24) is 0 Å². The van der Waals surface area contributed by atoms with Crippen LogP contribution < -0.4 is 9.47 Å². The van der Waals surface area contributed by atoms with Crippen molar-refractivity contribution in [3.8, 4) is 17.2 Å². The third-order valence-electron chi connectivity index (χ3n) is 3.68. The summed E-state index contributed by atoms with van der Waals surface area (Å²) in [4.78, 5) is 11.2. The van der Waals surface area contributed by atoms with Gasteiger partial charge in [0.2, 0.25) is 0 Å².